The molecule has 1 heterocycles. The highest BCUT2D eigenvalue weighted by Gasteiger charge is 2.20. The van der Waals surface area contributed by atoms with E-state index in [0.717, 1.165) is 22.2 Å². The molecule has 8 nitrogen and oxygen atoms in total. The molecule has 0 aliphatic heterocycles. The Bertz CT molecular complexity index is 1680. The lowest BCUT2D eigenvalue weighted by Gasteiger charge is -2.19. The van der Waals surface area contributed by atoms with E-state index in [1.807, 2.05) is 54.6 Å². The van der Waals surface area contributed by atoms with E-state index in [-0.39, 0.29) is 23.2 Å². The van der Waals surface area contributed by atoms with E-state index < -0.39 is 15.9 Å². The Morgan fingerprint density at radius 2 is 1.77 bits per heavy atom. The molecule has 1 aliphatic carbocycles. The number of ether oxygens (including phenoxy) is 3. The minimum absolute atomic E-state index is 0.00629. The lowest BCUT2D eigenvalue weighted by molar-refractivity contribution is 0.0668. The van der Waals surface area contributed by atoms with Crippen molar-refractivity contribution >= 4 is 26.8 Å². The van der Waals surface area contributed by atoms with Crippen LogP contribution in [0.25, 0.3) is 10.9 Å². The van der Waals surface area contributed by atoms with Crippen LogP contribution in [-0.2, 0) is 32.7 Å². The quantitative estimate of drug-likeness (QED) is 0.282. The number of allylic oxidation sites excluding steroid dienone is 1. The fraction of sp³-hybridized carbons (Fsp3) is 0.161. The zero-order chi connectivity index (χ0) is 28.0. The average molecular weight is 557 g/mol. The summed E-state index contributed by atoms with van der Waals surface area (Å²) in [6.45, 7) is 0.562. The van der Waals surface area contributed by atoms with Crippen LogP contribution in [0, 0.1) is 0 Å². The SMILES string of the molecule is COc1cc(C(=O)NS(=O)(=O)c2ccccc2)ccc1COC1C=C(OCc2ccc3ccccc3n2)C=CC1. The molecular weight excluding hydrogens is 528 g/mol. The minimum Gasteiger partial charge on any atom is -0.496 e. The fourth-order valence-corrected chi connectivity index (χ4v) is 5.22. The summed E-state index contributed by atoms with van der Waals surface area (Å²) in [5, 5.41) is 1.08. The van der Waals surface area contributed by atoms with E-state index in [0.29, 0.717) is 24.5 Å². The maximum atomic E-state index is 12.7. The molecule has 0 saturated carbocycles. The van der Waals surface area contributed by atoms with Gasteiger partial charge in [0.15, 0.2) is 0 Å². The van der Waals surface area contributed by atoms with Crippen LogP contribution in [0.15, 0.2) is 114 Å². The molecule has 0 spiro atoms. The Labute approximate surface area is 233 Å². The number of sulfonamides is 1. The van der Waals surface area contributed by atoms with E-state index in [1.165, 1.54) is 25.3 Å². The number of benzene rings is 3. The number of para-hydroxylation sites is 1. The summed E-state index contributed by atoms with van der Waals surface area (Å²) in [4.78, 5) is 17.3. The van der Waals surface area contributed by atoms with Gasteiger partial charge >= 0.3 is 0 Å². The van der Waals surface area contributed by atoms with Gasteiger partial charge in [-0.25, -0.2) is 18.1 Å². The summed E-state index contributed by atoms with van der Waals surface area (Å²) >= 11 is 0. The zero-order valence-corrected chi connectivity index (χ0v) is 22.6. The van der Waals surface area contributed by atoms with Crippen molar-refractivity contribution in [3.63, 3.8) is 0 Å². The third-order valence-electron chi connectivity index (χ3n) is 6.33. The summed E-state index contributed by atoms with van der Waals surface area (Å²) in [7, 11) is -2.51. The monoisotopic (exact) mass is 556 g/mol. The molecule has 1 N–H and O–H groups in total. The fourth-order valence-electron chi connectivity index (χ4n) is 4.22. The van der Waals surface area contributed by atoms with Crippen LogP contribution in [-0.4, -0.2) is 32.5 Å². The molecule has 1 amide bonds. The predicted octanol–water partition coefficient (Wildman–Crippen LogP) is 5.31. The number of fused-ring (bicyclic) bond motifs is 1. The number of nitrogens with one attached hydrogen (secondary N) is 1. The third-order valence-corrected chi connectivity index (χ3v) is 7.67. The molecule has 4 aromatic rings. The highest BCUT2D eigenvalue weighted by molar-refractivity contribution is 7.90. The summed E-state index contributed by atoms with van der Waals surface area (Å²) in [6.07, 6.45) is 6.29. The number of methoxy groups -OCH3 is 1. The lowest BCUT2D eigenvalue weighted by atomic mass is 10.1. The Kier molecular flexibility index (Phi) is 8.23. The molecule has 5 rings (SSSR count). The largest absolute Gasteiger partial charge is 0.496 e. The molecule has 1 aromatic heterocycles. The molecule has 0 fully saturated rings. The first kappa shape index (κ1) is 27.1. The van der Waals surface area contributed by atoms with Crippen molar-refractivity contribution in [3.05, 3.63) is 126 Å². The third kappa shape index (κ3) is 6.56. The molecule has 1 atom stereocenters. The van der Waals surface area contributed by atoms with Gasteiger partial charge in [-0.15, -0.1) is 0 Å². The molecule has 1 aliphatic rings. The molecule has 40 heavy (non-hydrogen) atoms. The van der Waals surface area contributed by atoms with Crippen LogP contribution in [0.2, 0.25) is 0 Å². The zero-order valence-electron chi connectivity index (χ0n) is 21.8. The van der Waals surface area contributed by atoms with Crippen molar-refractivity contribution in [1.82, 2.24) is 9.71 Å². The van der Waals surface area contributed by atoms with Crippen LogP contribution in [0.5, 0.6) is 5.75 Å². The van der Waals surface area contributed by atoms with Gasteiger partial charge in [-0.1, -0.05) is 54.6 Å². The van der Waals surface area contributed by atoms with Gasteiger partial charge in [0.25, 0.3) is 15.9 Å². The number of aromatic nitrogens is 1. The van der Waals surface area contributed by atoms with Gasteiger partial charge in [-0.3, -0.25) is 4.79 Å². The number of carbonyl (C=O) groups excluding carboxylic acids is 1. The van der Waals surface area contributed by atoms with Crippen LogP contribution in [0.1, 0.15) is 28.0 Å². The Balaban J connectivity index is 1.19. The molecule has 204 valence electrons. The number of rotatable bonds is 10. The van der Waals surface area contributed by atoms with E-state index in [9.17, 15) is 13.2 Å². The van der Waals surface area contributed by atoms with Gasteiger partial charge in [0, 0.05) is 16.5 Å². The molecule has 0 bridgehead atoms. The summed E-state index contributed by atoms with van der Waals surface area (Å²) in [6, 6.07) is 24.4. The van der Waals surface area contributed by atoms with E-state index >= 15 is 0 Å². The number of carbonyl (C=O) groups is 1. The molecule has 0 radical (unpaired) electrons. The molecular formula is C31H28N2O6S. The average Bonchev–Trinajstić information content (AvgIpc) is 2.99. The van der Waals surface area contributed by atoms with Gasteiger partial charge in [-0.05, 0) is 55.0 Å². The molecule has 0 saturated heterocycles. The van der Waals surface area contributed by atoms with Crippen LogP contribution in [0.4, 0.5) is 0 Å². The van der Waals surface area contributed by atoms with Gasteiger partial charge in [0.1, 0.15) is 18.1 Å². The second kappa shape index (κ2) is 12.1. The first-order valence-corrected chi connectivity index (χ1v) is 14.2. The molecule has 3 aromatic carbocycles. The Hall–Kier alpha value is -4.47. The number of hydrogen-bond acceptors (Lipinski definition) is 7. The second-order valence-electron chi connectivity index (χ2n) is 9.11. The van der Waals surface area contributed by atoms with E-state index in [4.69, 9.17) is 14.2 Å². The van der Waals surface area contributed by atoms with E-state index in [2.05, 4.69) is 9.71 Å². The van der Waals surface area contributed by atoms with Crippen LogP contribution < -0.4 is 9.46 Å². The summed E-state index contributed by atoms with van der Waals surface area (Å²) in [5.41, 5.74) is 2.63. The first-order chi connectivity index (χ1) is 19.4. The molecule has 9 heteroatoms. The van der Waals surface area contributed by atoms with Crippen molar-refractivity contribution in [3.8, 4) is 5.75 Å². The maximum Gasteiger partial charge on any atom is 0.265 e. The minimum atomic E-state index is -3.99. The summed E-state index contributed by atoms with van der Waals surface area (Å²) in [5.74, 6) is 0.362. The number of amides is 1. The second-order valence-corrected chi connectivity index (χ2v) is 10.8. The smallest absolute Gasteiger partial charge is 0.265 e. The maximum absolute atomic E-state index is 12.7. The van der Waals surface area contributed by atoms with Crippen LogP contribution in [0.3, 0.4) is 0 Å². The van der Waals surface area contributed by atoms with Crippen LogP contribution >= 0.6 is 0 Å². The predicted molar refractivity (Wildman–Crippen MR) is 151 cm³/mol. The first-order valence-electron chi connectivity index (χ1n) is 12.7. The number of pyridine rings is 1. The molecule has 1 unspecified atom stereocenters. The summed E-state index contributed by atoms with van der Waals surface area (Å²) < 4.78 is 44.6. The van der Waals surface area contributed by atoms with Gasteiger partial charge < -0.3 is 14.2 Å². The number of nitrogens with zero attached hydrogens (tertiary/aromatic N) is 1. The van der Waals surface area contributed by atoms with Crippen molar-refractivity contribution in [2.45, 2.75) is 30.6 Å². The highest BCUT2D eigenvalue weighted by atomic mass is 32.2. The highest BCUT2D eigenvalue weighted by Crippen LogP contribution is 2.24. The Morgan fingerprint density at radius 3 is 2.60 bits per heavy atom. The van der Waals surface area contributed by atoms with Crippen molar-refractivity contribution in [2.75, 3.05) is 7.11 Å². The Morgan fingerprint density at radius 1 is 0.975 bits per heavy atom. The normalized spacial score (nSPS) is 14.9. The van der Waals surface area contributed by atoms with E-state index in [1.54, 1.807) is 30.3 Å². The van der Waals surface area contributed by atoms with Crippen molar-refractivity contribution < 1.29 is 27.4 Å². The number of hydrogen-bond donors (Lipinski definition) is 1. The topological polar surface area (TPSA) is 104 Å². The standard InChI is InChI=1S/C31H28N2O6S/c1-37-30-18-23(31(34)33-40(35,36)28-11-3-2-4-12-28)14-15-24(30)20-38-26-9-7-10-27(19-26)39-21-25-17-16-22-8-5-6-13-29(22)32-25/h2-8,10-19,26H,9,20-21H2,1H3,(H,33,34). The van der Waals surface area contributed by atoms with Crippen molar-refractivity contribution in [1.29, 1.82) is 0 Å². The van der Waals surface area contributed by atoms with Crippen molar-refractivity contribution in [2.24, 2.45) is 0 Å². The van der Waals surface area contributed by atoms with Gasteiger partial charge in [0.2, 0.25) is 0 Å². The van der Waals surface area contributed by atoms with Gasteiger partial charge in [-0.2, -0.15) is 0 Å². The van der Waals surface area contributed by atoms with Gasteiger partial charge in [0.05, 0.1) is 35.9 Å². The lowest BCUT2D eigenvalue weighted by Crippen LogP contribution is -2.30.